The van der Waals surface area contributed by atoms with Gasteiger partial charge in [0.2, 0.25) is 15.3 Å². The van der Waals surface area contributed by atoms with Crippen molar-refractivity contribution in [1.29, 1.82) is 0 Å². The Kier molecular flexibility index (Phi) is 5.64. The summed E-state index contributed by atoms with van der Waals surface area (Å²) in [7, 11) is -3.61. The summed E-state index contributed by atoms with van der Waals surface area (Å²) in [5, 5.41) is 7.50. The van der Waals surface area contributed by atoms with Crippen LogP contribution in [0.2, 0.25) is 0 Å². The molecule has 5 rings (SSSR count). The number of hydrogen-bond donors (Lipinski definition) is 1. The number of nitrogens with two attached hydrogens (primary N) is 1. The van der Waals surface area contributed by atoms with Crippen LogP contribution < -0.4 is 20.3 Å². The van der Waals surface area contributed by atoms with Crippen LogP contribution in [0.4, 0.5) is 5.88 Å². The first-order chi connectivity index (χ1) is 16.4. The quantitative estimate of drug-likeness (QED) is 0.259. The van der Waals surface area contributed by atoms with Gasteiger partial charge >= 0.3 is 17.5 Å². The summed E-state index contributed by atoms with van der Waals surface area (Å²) in [5.41, 5.74) is 5.82. The summed E-state index contributed by atoms with van der Waals surface area (Å²) in [6.07, 6.45) is 0. The first kappa shape index (κ1) is 21.9. The van der Waals surface area contributed by atoms with Crippen molar-refractivity contribution in [3.63, 3.8) is 0 Å². The van der Waals surface area contributed by atoms with Gasteiger partial charge in [0.25, 0.3) is 0 Å². The lowest BCUT2D eigenvalue weighted by molar-refractivity contribution is -0.760. The second-order valence-electron chi connectivity index (χ2n) is 7.74. The van der Waals surface area contributed by atoms with Crippen molar-refractivity contribution in [2.24, 2.45) is 0 Å². The van der Waals surface area contributed by atoms with Gasteiger partial charge in [0.05, 0.1) is 22.8 Å². The average Bonchev–Trinajstić information content (AvgIpc) is 3.26. The van der Waals surface area contributed by atoms with Gasteiger partial charge in [-0.15, -0.1) is 5.01 Å². The number of nitrogens with zero attached hydrogens (tertiary/aromatic N) is 4. The van der Waals surface area contributed by atoms with Gasteiger partial charge in [-0.05, 0) is 35.0 Å². The lowest BCUT2D eigenvalue weighted by Crippen LogP contribution is -2.68. The second-order valence-corrected chi connectivity index (χ2v) is 9.68. The predicted octanol–water partition coefficient (Wildman–Crippen LogP) is 1.56. The Hall–Kier alpha value is -3.96. The standard InChI is InChI=1S/C23H21N5O5S/c24-22-21(23(29)32-19-11-10-17-6-4-5-7-18(17)16-19)28(25-33-22)26-12-14-27(15-13-26)34(30,31)20-8-2-1-3-9-20/h1-11,16H,12-15H2,(H-,24,25,29)/p+1. The van der Waals surface area contributed by atoms with Crippen LogP contribution in [0.15, 0.2) is 82.2 Å². The molecule has 0 unspecified atom stereocenters. The van der Waals surface area contributed by atoms with E-state index in [0.717, 1.165) is 10.8 Å². The summed E-state index contributed by atoms with van der Waals surface area (Å²) < 4.78 is 37.8. The molecule has 2 heterocycles. The van der Waals surface area contributed by atoms with Crippen LogP contribution in [0.1, 0.15) is 10.5 Å². The minimum atomic E-state index is -3.61. The summed E-state index contributed by atoms with van der Waals surface area (Å²) in [5.74, 6) is -0.562. The molecule has 0 aliphatic carbocycles. The molecule has 1 aliphatic heterocycles. The largest absolute Gasteiger partial charge is 0.421 e. The maximum Gasteiger partial charge on any atom is 0.421 e. The van der Waals surface area contributed by atoms with E-state index in [-0.39, 0.29) is 42.7 Å². The number of sulfonamides is 1. The molecule has 174 valence electrons. The third-order valence-electron chi connectivity index (χ3n) is 5.64. The number of rotatable bonds is 5. The highest BCUT2D eigenvalue weighted by Crippen LogP contribution is 2.22. The number of esters is 1. The van der Waals surface area contributed by atoms with E-state index in [4.69, 9.17) is 15.0 Å². The summed E-state index contributed by atoms with van der Waals surface area (Å²) >= 11 is 0. The minimum absolute atomic E-state index is 0.0625. The van der Waals surface area contributed by atoms with Crippen molar-refractivity contribution in [1.82, 2.24) is 9.58 Å². The molecule has 4 aromatic rings. The van der Waals surface area contributed by atoms with Crippen LogP contribution >= 0.6 is 0 Å². The fourth-order valence-corrected chi connectivity index (χ4v) is 5.32. The molecule has 11 heteroatoms. The minimum Gasteiger partial charge on any atom is -0.418 e. The van der Waals surface area contributed by atoms with E-state index in [1.165, 1.54) is 9.10 Å². The first-order valence-corrected chi connectivity index (χ1v) is 12.1. The third-order valence-corrected chi connectivity index (χ3v) is 7.55. The van der Waals surface area contributed by atoms with Gasteiger partial charge in [0.15, 0.2) is 0 Å². The van der Waals surface area contributed by atoms with Crippen molar-refractivity contribution in [2.75, 3.05) is 36.9 Å². The molecule has 0 saturated carbocycles. The molecule has 34 heavy (non-hydrogen) atoms. The van der Waals surface area contributed by atoms with Crippen LogP contribution in [0.25, 0.3) is 10.8 Å². The van der Waals surface area contributed by atoms with E-state index >= 15 is 0 Å². The number of aromatic nitrogens is 2. The monoisotopic (exact) mass is 480 g/mol. The molecule has 3 aromatic carbocycles. The first-order valence-electron chi connectivity index (χ1n) is 10.6. The number of ether oxygens (including phenoxy) is 1. The van der Waals surface area contributed by atoms with E-state index < -0.39 is 16.0 Å². The number of carbonyl (C=O) groups excluding carboxylic acids is 1. The van der Waals surface area contributed by atoms with Crippen molar-refractivity contribution < 1.29 is 27.3 Å². The van der Waals surface area contributed by atoms with Crippen LogP contribution in [0.5, 0.6) is 5.75 Å². The van der Waals surface area contributed by atoms with Crippen molar-refractivity contribution >= 4 is 32.6 Å². The van der Waals surface area contributed by atoms with E-state index in [0.29, 0.717) is 5.75 Å². The van der Waals surface area contributed by atoms with E-state index in [1.807, 2.05) is 30.3 Å². The molecule has 1 aromatic heterocycles. The molecule has 0 bridgehead atoms. The summed E-state index contributed by atoms with van der Waals surface area (Å²) in [4.78, 5) is 14.4. The molecule has 1 aliphatic rings. The fraction of sp³-hybridized carbons (Fsp3) is 0.174. The smallest absolute Gasteiger partial charge is 0.418 e. The topological polar surface area (TPSA) is 123 Å². The molecule has 0 radical (unpaired) electrons. The number of benzene rings is 3. The Bertz CT molecular complexity index is 1450. The highest BCUT2D eigenvalue weighted by atomic mass is 32.2. The molecule has 0 atom stereocenters. The zero-order valence-electron chi connectivity index (χ0n) is 18.1. The van der Waals surface area contributed by atoms with Crippen LogP contribution in [0.3, 0.4) is 0 Å². The maximum absolute atomic E-state index is 12.9. The highest BCUT2D eigenvalue weighted by molar-refractivity contribution is 7.89. The van der Waals surface area contributed by atoms with Gasteiger partial charge in [-0.25, -0.2) is 13.2 Å². The summed E-state index contributed by atoms with van der Waals surface area (Å²) in [6.45, 7) is 0.963. The van der Waals surface area contributed by atoms with Gasteiger partial charge < -0.3 is 10.5 Å². The lowest BCUT2D eigenvalue weighted by Gasteiger charge is -2.29. The molecule has 1 saturated heterocycles. The molecule has 2 N–H and O–H groups in total. The van der Waals surface area contributed by atoms with Gasteiger partial charge in [-0.1, -0.05) is 48.5 Å². The normalized spacial score (nSPS) is 14.9. The van der Waals surface area contributed by atoms with Gasteiger partial charge in [-0.2, -0.15) is 4.31 Å². The van der Waals surface area contributed by atoms with Crippen molar-refractivity contribution in [2.45, 2.75) is 4.90 Å². The van der Waals surface area contributed by atoms with Crippen LogP contribution in [-0.2, 0) is 10.0 Å². The highest BCUT2D eigenvalue weighted by Gasteiger charge is 2.40. The Morgan fingerprint density at radius 2 is 1.62 bits per heavy atom. The lowest BCUT2D eigenvalue weighted by atomic mass is 10.1. The van der Waals surface area contributed by atoms with Gasteiger partial charge in [-0.3, -0.25) is 4.52 Å². The number of carbonyl (C=O) groups is 1. The van der Waals surface area contributed by atoms with E-state index in [1.54, 1.807) is 47.5 Å². The van der Waals surface area contributed by atoms with Crippen LogP contribution in [-0.4, -0.2) is 50.1 Å². The Balaban J connectivity index is 1.32. The number of piperazine rings is 1. The van der Waals surface area contributed by atoms with Crippen molar-refractivity contribution in [3.05, 3.63) is 78.5 Å². The Morgan fingerprint density at radius 1 is 0.941 bits per heavy atom. The number of nitrogen functional groups attached to an aromatic ring is 1. The zero-order chi connectivity index (χ0) is 23.7. The van der Waals surface area contributed by atoms with E-state index in [9.17, 15) is 13.2 Å². The molecule has 1 fully saturated rings. The Labute approximate surface area is 195 Å². The van der Waals surface area contributed by atoms with E-state index in [2.05, 4.69) is 5.27 Å². The number of fused-ring (bicyclic) bond motifs is 1. The molecule has 0 spiro atoms. The third kappa shape index (κ3) is 4.06. The Morgan fingerprint density at radius 3 is 2.35 bits per heavy atom. The van der Waals surface area contributed by atoms with Crippen molar-refractivity contribution in [3.8, 4) is 5.75 Å². The SMILES string of the molecule is Nc1on[n+](N2CCN(S(=O)(=O)c3ccccc3)CC2)c1C(=O)Oc1ccc2ccccc2c1. The average molecular weight is 481 g/mol. The molecular formula is C23H22N5O5S+. The van der Waals surface area contributed by atoms with Crippen LogP contribution in [0, 0.1) is 0 Å². The maximum atomic E-state index is 12.9. The zero-order valence-corrected chi connectivity index (χ0v) is 18.9. The number of anilines is 1. The predicted molar refractivity (Wildman–Crippen MR) is 123 cm³/mol. The second kappa shape index (κ2) is 8.76. The molecular weight excluding hydrogens is 458 g/mol. The fourth-order valence-electron chi connectivity index (χ4n) is 3.88. The van der Waals surface area contributed by atoms with Gasteiger partial charge in [0, 0.05) is 13.1 Å². The number of hydrogen-bond acceptors (Lipinski definition) is 8. The molecule has 10 nitrogen and oxygen atoms in total. The molecule has 0 amide bonds. The summed E-state index contributed by atoms with van der Waals surface area (Å²) in [6, 6.07) is 21.3. The van der Waals surface area contributed by atoms with Gasteiger partial charge in [0.1, 0.15) is 5.75 Å².